The van der Waals surface area contributed by atoms with Crippen LogP contribution >= 0.6 is 0 Å². The van der Waals surface area contributed by atoms with Gasteiger partial charge in [0.2, 0.25) is 0 Å². The molecule has 1 saturated carbocycles. The summed E-state index contributed by atoms with van der Waals surface area (Å²) in [4.78, 5) is 66.6. The van der Waals surface area contributed by atoms with Gasteiger partial charge in [0.05, 0.1) is 31.0 Å². The molecule has 0 saturated heterocycles. The van der Waals surface area contributed by atoms with Crippen LogP contribution in [0.5, 0.6) is 0 Å². The number of hydrogen-bond acceptors (Lipinski definition) is 8. The van der Waals surface area contributed by atoms with Gasteiger partial charge in [-0.2, -0.15) is 13.2 Å². The van der Waals surface area contributed by atoms with Crippen molar-refractivity contribution in [3.05, 3.63) is 63.6 Å². The molecule has 0 radical (unpaired) electrons. The normalized spacial score (nSPS) is 14.4. The summed E-state index contributed by atoms with van der Waals surface area (Å²) in [6.07, 6.45) is 1.02. The summed E-state index contributed by atoms with van der Waals surface area (Å²) in [5.74, 6) is -0.889. The highest BCUT2D eigenvalue weighted by atomic mass is 19.4. The fraction of sp³-hybridized carbons (Fsp3) is 0.304. The molecule has 0 atom stereocenters. The van der Waals surface area contributed by atoms with E-state index < -0.39 is 46.9 Å². The lowest BCUT2D eigenvalue weighted by atomic mass is 10.2. The van der Waals surface area contributed by atoms with Crippen LogP contribution < -0.4 is 16.6 Å². The minimum atomic E-state index is -4.59. The van der Waals surface area contributed by atoms with E-state index in [1.54, 1.807) is 0 Å². The van der Waals surface area contributed by atoms with Crippen LogP contribution in [0.3, 0.4) is 0 Å². The van der Waals surface area contributed by atoms with Crippen LogP contribution in [0.15, 0.2) is 46.6 Å². The highest BCUT2D eigenvalue weighted by Gasteiger charge is 2.53. The number of nitrogens with zero attached hydrogens (tertiary/aromatic N) is 7. The van der Waals surface area contributed by atoms with Gasteiger partial charge in [-0.25, -0.2) is 14.8 Å². The quantitative estimate of drug-likeness (QED) is 0.396. The van der Waals surface area contributed by atoms with Gasteiger partial charge >= 0.3 is 11.9 Å². The van der Waals surface area contributed by atoms with E-state index >= 15 is 0 Å². The molecule has 196 valence electrons. The van der Waals surface area contributed by atoms with E-state index in [9.17, 15) is 32.3 Å². The summed E-state index contributed by atoms with van der Waals surface area (Å²) in [7, 11) is 1.41. The topological polar surface area (TPSA) is 147 Å². The second-order valence-electron chi connectivity index (χ2n) is 8.93. The molecule has 1 N–H and O–H groups in total. The molecule has 4 aromatic heterocycles. The maximum atomic E-state index is 13.4. The zero-order valence-electron chi connectivity index (χ0n) is 20.0. The number of alkyl halides is 3. The number of hydrogen-bond donors (Lipinski definition) is 1. The number of nitrogens with one attached hydrogen (secondary N) is 1. The molecule has 5 rings (SSSR count). The fourth-order valence-corrected chi connectivity index (χ4v) is 4.16. The number of aromatic nitrogens is 7. The standard InChI is InChI=1S/C23H19F3N8O4/c1-12(35)10-33-19(36)17-18(32(2)21(33)38)29-11-34(17)22(5-6-22)20(37)31-16-9-27-8-14(30-16)13-3-4-15(28-7-13)23(24,25)26/h3-4,7-9,11H,5-6,10H2,1-2H3,(H,30,31,37). The Morgan fingerprint density at radius 3 is 2.45 bits per heavy atom. The van der Waals surface area contributed by atoms with Gasteiger partial charge in [0.1, 0.15) is 17.0 Å². The van der Waals surface area contributed by atoms with E-state index in [1.807, 2.05) is 0 Å². The van der Waals surface area contributed by atoms with E-state index in [1.165, 1.54) is 43.3 Å². The third kappa shape index (κ3) is 4.14. The predicted octanol–water partition coefficient (Wildman–Crippen LogP) is 1.48. The molecule has 4 heterocycles. The zero-order chi connectivity index (χ0) is 27.4. The van der Waals surface area contributed by atoms with Gasteiger partial charge in [0, 0.05) is 18.8 Å². The molecule has 0 unspecified atom stereocenters. The van der Waals surface area contributed by atoms with E-state index in [-0.39, 0.29) is 28.2 Å². The molecule has 0 bridgehead atoms. The maximum absolute atomic E-state index is 13.4. The molecule has 1 fully saturated rings. The van der Waals surface area contributed by atoms with Crippen LogP contribution in [0.4, 0.5) is 19.0 Å². The van der Waals surface area contributed by atoms with Crippen molar-refractivity contribution in [3.63, 3.8) is 0 Å². The molecule has 12 nitrogen and oxygen atoms in total. The van der Waals surface area contributed by atoms with Gasteiger partial charge in [-0.3, -0.25) is 33.5 Å². The first kappa shape index (κ1) is 25.0. The molecule has 0 aromatic carbocycles. The summed E-state index contributed by atoms with van der Waals surface area (Å²) in [6, 6.07) is 2.01. The minimum Gasteiger partial charge on any atom is -0.309 e. The Morgan fingerprint density at radius 2 is 1.84 bits per heavy atom. The Hall–Kier alpha value is -4.69. The van der Waals surface area contributed by atoms with Gasteiger partial charge < -0.3 is 9.88 Å². The number of Topliss-reactive ketones (excluding diaryl/α,β-unsaturated/α-hetero) is 1. The van der Waals surface area contributed by atoms with Crippen molar-refractivity contribution in [2.75, 3.05) is 5.32 Å². The van der Waals surface area contributed by atoms with Crippen molar-refractivity contribution < 1.29 is 22.8 Å². The Morgan fingerprint density at radius 1 is 1.11 bits per heavy atom. The molecule has 1 aliphatic carbocycles. The van der Waals surface area contributed by atoms with Crippen molar-refractivity contribution in [2.45, 2.75) is 38.0 Å². The van der Waals surface area contributed by atoms with Gasteiger partial charge in [0.15, 0.2) is 17.0 Å². The molecule has 0 spiro atoms. The summed E-state index contributed by atoms with van der Waals surface area (Å²) in [6.45, 7) is 0.826. The Kier molecular flexibility index (Phi) is 5.72. The average Bonchev–Trinajstić information content (AvgIpc) is 3.56. The Balaban J connectivity index is 1.47. The average molecular weight is 528 g/mol. The first-order valence-corrected chi connectivity index (χ1v) is 11.3. The summed E-state index contributed by atoms with van der Waals surface area (Å²) >= 11 is 0. The number of amides is 1. The number of halogens is 3. The number of fused-ring (bicyclic) bond motifs is 1. The largest absolute Gasteiger partial charge is 0.433 e. The predicted molar refractivity (Wildman–Crippen MR) is 126 cm³/mol. The first-order chi connectivity index (χ1) is 17.9. The van der Waals surface area contributed by atoms with Crippen molar-refractivity contribution in [1.29, 1.82) is 0 Å². The summed E-state index contributed by atoms with van der Waals surface area (Å²) in [5.41, 5.74) is -3.20. The Labute approximate surface area is 210 Å². The molecule has 1 aliphatic rings. The lowest BCUT2D eigenvalue weighted by Gasteiger charge is -2.18. The van der Waals surface area contributed by atoms with E-state index in [0.29, 0.717) is 12.8 Å². The lowest BCUT2D eigenvalue weighted by molar-refractivity contribution is -0.141. The van der Waals surface area contributed by atoms with Gasteiger partial charge in [0.25, 0.3) is 11.5 Å². The Bertz CT molecular complexity index is 1720. The van der Waals surface area contributed by atoms with Crippen molar-refractivity contribution in [2.24, 2.45) is 7.05 Å². The van der Waals surface area contributed by atoms with Crippen LogP contribution in [-0.2, 0) is 34.9 Å². The number of pyridine rings is 1. The second kappa shape index (κ2) is 8.71. The van der Waals surface area contributed by atoms with Crippen molar-refractivity contribution >= 4 is 28.7 Å². The van der Waals surface area contributed by atoms with Crippen molar-refractivity contribution in [3.8, 4) is 11.3 Å². The van der Waals surface area contributed by atoms with Crippen molar-refractivity contribution in [1.82, 2.24) is 33.6 Å². The highest BCUT2D eigenvalue weighted by molar-refractivity contribution is 5.99. The molecule has 1 amide bonds. The van der Waals surface area contributed by atoms with Crippen LogP contribution in [0.2, 0.25) is 0 Å². The van der Waals surface area contributed by atoms with Crippen LogP contribution in [-0.4, -0.2) is 45.3 Å². The number of ketones is 1. The summed E-state index contributed by atoms with van der Waals surface area (Å²) in [5, 5.41) is 2.64. The number of aryl methyl sites for hydroxylation is 1. The lowest BCUT2D eigenvalue weighted by Crippen LogP contribution is -2.42. The molecule has 0 aliphatic heterocycles. The monoisotopic (exact) mass is 528 g/mol. The van der Waals surface area contributed by atoms with Gasteiger partial charge in [-0.15, -0.1) is 0 Å². The maximum Gasteiger partial charge on any atom is 0.433 e. The highest BCUT2D eigenvalue weighted by Crippen LogP contribution is 2.45. The van der Waals surface area contributed by atoms with Crippen LogP contribution in [0, 0.1) is 0 Å². The minimum absolute atomic E-state index is 0.00309. The van der Waals surface area contributed by atoms with E-state index in [4.69, 9.17) is 0 Å². The molecule has 38 heavy (non-hydrogen) atoms. The first-order valence-electron chi connectivity index (χ1n) is 11.3. The van der Waals surface area contributed by atoms with E-state index in [2.05, 4.69) is 25.3 Å². The fourth-order valence-electron chi connectivity index (χ4n) is 4.16. The number of carbonyl (C=O) groups excluding carboxylic acids is 2. The third-order valence-electron chi connectivity index (χ3n) is 6.25. The zero-order valence-corrected chi connectivity index (χ0v) is 20.0. The number of anilines is 1. The second-order valence-corrected chi connectivity index (χ2v) is 8.93. The molecule has 4 aromatic rings. The smallest absolute Gasteiger partial charge is 0.309 e. The number of rotatable bonds is 6. The van der Waals surface area contributed by atoms with Crippen LogP contribution in [0.1, 0.15) is 25.5 Å². The van der Waals surface area contributed by atoms with E-state index in [0.717, 1.165) is 21.4 Å². The number of imidazole rings is 1. The molecule has 15 heteroatoms. The van der Waals surface area contributed by atoms with Crippen LogP contribution in [0.25, 0.3) is 22.4 Å². The third-order valence-corrected chi connectivity index (χ3v) is 6.25. The van der Waals surface area contributed by atoms with Gasteiger partial charge in [-0.05, 0) is 31.9 Å². The SMILES string of the molecule is CC(=O)Cn1c(=O)c2c(ncn2C2(C(=O)Nc3cncc(-c4ccc(C(F)(F)F)nc4)n3)CC2)n(C)c1=O. The summed E-state index contributed by atoms with van der Waals surface area (Å²) < 4.78 is 41.8. The number of carbonyl (C=O) groups is 2. The molecular weight excluding hydrogens is 509 g/mol. The molecular formula is C23H19F3N8O4. The van der Waals surface area contributed by atoms with Gasteiger partial charge in [-0.1, -0.05) is 0 Å².